The molecule has 1 aliphatic heterocycles. The van der Waals surface area contributed by atoms with E-state index in [-0.39, 0.29) is 42.3 Å². The molecule has 0 bridgehead atoms. The van der Waals surface area contributed by atoms with Crippen molar-refractivity contribution in [1.29, 1.82) is 0 Å². The minimum atomic E-state index is -4.12. The van der Waals surface area contributed by atoms with Crippen molar-refractivity contribution >= 4 is 5.97 Å². The van der Waals surface area contributed by atoms with Gasteiger partial charge >= 0.3 is 12.1 Å². The summed E-state index contributed by atoms with van der Waals surface area (Å²) < 4.78 is 47.2. The van der Waals surface area contributed by atoms with Crippen LogP contribution in [0.25, 0.3) is 16.8 Å². The second-order valence-corrected chi connectivity index (χ2v) is 11.6. The molecule has 0 saturated heterocycles. The number of carbonyl (C=O) groups is 1. The zero-order chi connectivity index (χ0) is 29.6. The molecule has 2 aromatic carbocycles. The Balaban J connectivity index is 1.20. The smallest absolute Gasteiger partial charge is 0.391 e. The molecule has 8 nitrogen and oxygen atoms in total. The van der Waals surface area contributed by atoms with Crippen LogP contribution in [-0.4, -0.2) is 45.2 Å². The highest BCUT2D eigenvalue weighted by Gasteiger charge is 2.47. The monoisotopic (exact) mass is 581 g/mol. The maximum Gasteiger partial charge on any atom is 0.391 e. The molecule has 2 heterocycles. The number of allylic oxidation sites excluding steroid dienone is 1. The highest BCUT2D eigenvalue weighted by Crippen LogP contribution is 2.52. The number of hydrazine groups is 2. The lowest BCUT2D eigenvalue weighted by molar-refractivity contribution is -0.185. The van der Waals surface area contributed by atoms with E-state index in [0.717, 1.165) is 28.9 Å². The van der Waals surface area contributed by atoms with Crippen molar-refractivity contribution in [2.45, 2.75) is 57.2 Å². The Labute approximate surface area is 242 Å². The number of nitrogens with one attached hydrogen (secondary N) is 2. The summed E-state index contributed by atoms with van der Waals surface area (Å²) in [6.07, 6.45) is 1.18. The summed E-state index contributed by atoms with van der Waals surface area (Å²) in [7, 11) is 1.89. The third-order valence-electron chi connectivity index (χ3n) is 8.77. The van der Waals surface area contributed by atoms with E-state index in [4.69, 9.17) is 4.74 Å². The van der Waals surface area contributed by atoms with Crippen molar-refractivity contribution in [2.75, 3.05) is 7.05 Å². The SMILES string of the molecule is CC(Oc1cccc(-c2cccc(-n3ncc(C(=O)O)c3[C@H]3C[C@@H]3C3=CN(C)NN3)c2)c1)C1CCC(C(F)(F)F)CC1. The van der Waals surface area contributed by atoms with Crippen LogP contribution in [0.4, 0.5) is 13.2 Å². The molecule has 11 heteroatoms. The van der Waals surface area contributed by atoms with Crippen LogP contribution in [-0.2, 0) is 0 Å². The largest absolute Gasteiger partial charge is 0.490 e. The third-order valence-corrected chi connectivity index (χ3v) is 8.77. The van der Waals surface area contributed by atoms with Crippen LogP contribution in [0.5, 0.6) is 5.75 Å². The standard InChI is InChI=1S/C31H34F3N5O3/c1-18(19-9-11-22(12-10-19)31(32,33)34)42-24-8-4-6-21(14-24)20-5-3-7-23(13-20)39-29(27(16-35-39)30(40)41)26-15-25(26)28-17-38(2)37-36-28/h3-8,13-14,16-19,22,25-26,36-37H,9-12,15H2,1-2H3,(H,40,41)/t18?,19?,22?,25-,26-/m0/s1. The van der Waals surface area contributed by atoms with Crippen molar-refractivity contribution in [3.63, 3.8) is 0 Å². The number of hydrogen-bond donors (Lipinski definition) is 3. The molecule has 222 valence electrons. The predicted molar refractivity (Wildman–Crippen MR) is 151 cm³/mol. The van der Waals surface area contributed by atoms with E-state index in [0.29, 0.717) is 24.3 Å². The van der Waals surface area contributed by atoms with E-state index in [2.05, 4.69) is 16.1 Å². The number of aromatic nitrogens is 2. The molecule has 2 aliphatic carbocycles. The number of aromatic carboxylic acids is 1. The molecule has 1 unspecified atom stereocenters. The molecule has 3 atom stereocenters. The number of alkyl halides is 3. The zero-order valence-electron chi connectivity index (χ0n) is 23.4. The number of carboxylic acid groups (broad SMARTS) is 1. The van der Waals surface area contributed by atoms with Gasteiger partial charge in [0.25, 0.3) is 0 Å². The maximum atomic E-state index is 13.1. The normalized spacial score (nSPS) is 24.6. The third kappa shape index (κ3) is 5.70. The lowest BCUT2D eigenvalue weighted by atomic mass is 9.79. The maximum absolute atomic E-state index is 13.1. The quantitative estimate of drug-likeness (QED) is 0.289. The zero-order valence-corrected chi connectivity index (χ0v) is 23.4. The van der Waals surface area contributed by atoms with Crippen LogP contribution in [0.1, 0.15) is 61.0 Å². The fraction of sp³-hybridized carbons (Fsp3) is 0.419. The van der Waals surface area contributed by atoms with E-state index in [1.165, 1.54) is 6.20 Å². The van der Waals surface area contributed by atoms with Gasteiger partial charge in [-0.15, -0.1) is 5.53 Å². The Morgan fingerprint density at radius 3 is 2.45 bits per heavy atom. The van der Waals surface area contributed by atoms with Gasteiger partial charge in [-0.05, 0) is 80.3 Å². The predicted octanol–water partition coefficient (Wildman–Crippen LogP) is 6.27. The lowest BCUT2D eigenvalue weighted by Crippen LogP contribution is -2.33. The topological polar surface area (TPSA) is 91.7 Å². The number of rotatable bonds is 8. The van der Waals surface area contributed by atoms with Crippen LogP contribution in [0.2, 0.25) is 0 Å². The summed E-state index contributed by atoms with van der Waals surface area (Å²) in [6.45, 7) is 1.93. The molecule has 3 aromatic rings. The van der Waals surface area contributed by atoms with E-state index >= 15 is 0 Å². The van der Waals surface area contributed by atoms with E-state index in [1.54, 1.807) is 4.68 Å². The van der Waals surface area contributed by atoms with Gasteiger partial charge in [0, 0.05) is 30.8 Å². The first kappa shape index (κ1) is 28.1. The molecule has 3 aliphatic rings. The van der Waals surface area contributed by atoms with E-state index in [9.17, 15) is 23.1 Å². The Bertz CT molecular complexity index is 1490. The van der Waals surface area contributed by atoms with Crippen molar-refractivity contribution in [3.8, 4) is 22.6 Å². The summed E-state index contributed by atoms with van der Waals surface area (Å²) >= 11 is 0. The molecule has 0 spiro atoms. The van der Waals surface area contributed by atoms with Gasteiger partial charge in [0.1, 0.15) is 11.3 Å². The second kappa shape index (κ2) is 11.0. The van der Waals surface area contributed by atoms with Crippen molar-refractivity contribution in [2.24, 2.45) is 17.8 Å². The number of carboxylic acids is 1. The summed E-state index contributed by atoms with van der Waals surface area (Å²) in [5.74, 6) is -1.30. The molecular formula is C31H34F3N5O3. The van der Waals surface area contributed by atoms with Crippen LogP contribution in [0.15, 0.2) is 66.6 Å². The summed E-state index contributed by atoms with van der Waals surface area (Å²) in [5.41, 5.74) is 10.6. The summed E-state index contributed by atoms with van der Waals surface area (Å²) in [5, 5.41) is 16.2. The molecule has 6 rings (SSSR count). The van der Waals surface area contributed by atoms with Crippen molar-refractivity contribution in [1.82, 2.24) is 25.7 Å². The fourth-order valence-corrected chi connectivity index (χ4v) is 6.33. The average Bonchev–Trinajstić information content (AvgIpc) is 3.41. The number of halogens is 3. The molecule has 0 amide bonds. The fourth-order valence-electron chi connectivity index (χ4n) is 6.33. The van der Waals surface area contributed by atoms with Crippen molar-refractivity contribution in [3.05, 3.63) is 77.9 Å². The summed E-state index contributed by atoms with van der Waals surface area (Å²) in [6, 6.07) is 15.4. The van der Waals surface area contributed by atoms with Crippen LogP contribution in [0.3, 0.4) is 0 Å². The number of benzene rings is 2. The van der Waals surface area contributed by atoms with Gasteiger partial charge in [-0.1, -0.05) is 24.3 Å². The molecule has 3 N–H and O–H groups in total. The minimum Gasteiger partial charge on any atom is -0.490 e. The van der Waals surface area contributed by atoms with E-state index in [1.807, 2.05) is 73.7 Å². The van der Waals surface area contributed by atoms with Gasteiger partial charge in [-0.2, -0.15) is 18.3 Å². The van der Waals surface area contributed by atoms with Crippen LogP contribution < -0.4 is 15.7 Å². The molecule has 1 aromatic heterocycles. The molecule has 0 radical (unpaired) electrons. The molecule has 2 fully saturated rings. The Kier molecular flexibility index (Phi) is 7.38. The van der Waals surface area contributed by atoms with Gasteiger partial charge in [0.2, 0.25) is 0 Å². The first-order chi connectivity index (χ1) is 20.1. The Hall–Kier alpha value is -3.99. The highest BCUT2D eigenvalue weighted by atomic mass is 19.4. The van der Waals surface area contributed by atoms with Gasteiger partial charge in [-0.25, -0.2) is 9.48 Å². The van der Waals surface area contributed by atoms with E-state index < -0.39 is 18.1 Å². The molecular weight excluding hydrogens is 547 g/mol. The van der Waals surface area contributed by atoms with Gasteiger partial charge in [0.15, 0.2) is 0 Å². The van der Waals surface area contributed by atoms with Gasteiger partial charge in [-0.3, -0.25) is 5.01 Å². The molecule has 2 saturated carbocycles. The van der Waals surface area contributed by atoms with Gasteiger partial charge in [0.05, 0.1) is 29.6 Å². The second-order valence-electron chi connectivity index (χ2n) is 11.6. The molecule has 42 heavy (non-hydrogen) atoms. The van der Waals surface area contributed by atoms with Crippen LogP contribution >= 0.6 is 0 Å². The Morgan fingerprint density at radius 1 is 1.07 bits per heavy atom. The first-order valence-electron chi connectivity index (χ1n) is 14.3. The average molecular weight is 582 g/mol. The minimum absolute atomic E-state index is 0.0127. The Morgan fingerprint density at radius 2 is 1.79 bits per heavy atom. The summed E-state index contributed by atoms with van der Waals surface area (Å²) in [4.78, 5) is 12.1. The highest BCUT2D eigenvalue weighted by molar-refractivity contribution is 5.89. The number of nitrogens with zero attached hydrogens (tertiary/aromatic N) is 3. The van der Waals surface area contributed by atoms with Gasteiger partial charge < -0.3 is 15.3 Å². The number of hydrogen-bond acceptors (Lipinski definition) is 6. The number of ether oxygens (including phenoxy) is 1. The van der Waals surface area contributed by atoms with Crippen molar-refractivity contribution < 1.29 is 27.8 Å². The first-order valence-corrected chi connectivity index (χ1v) is 14.3. The lowest BCUT2D eigenvalue weighted by Gasteiger charge is -2.33. The van der Waals surface area contributed by atoms with Crippen LogP contribution in [0, 0.1) is 17.8 Å².